The monoisotopic (exact) mass is 276 g/mol. The summed E-state index contributed by atoms with van der Waals surface area (Å²) in [6.45, 7) is 6.58. The average Bonchev–Trinajstić information content (AvgIpc) is 2.22. The number of rotatable bonds is 7. The summed E-state index contributed by atoms with van der Waals surface area (Å²) in [5.74, 6) is 0.942. The molecule has 0 saturated carbocycles. The fourth-order valence-corrected chi connectivity index (χ4v) is 1.44. The molecule has 0 rings (SSSR count). The molecule has 0 fully saturated rings. The number of hydrogen-bond donors (Lipinski definition) is 2. The molecular formula is C12H24N2O3S. The van der Waals surface area contributed by atoms with Crippen molar-refractivity contribution < 1.29 is 14.3 Å². The molecule has 5 nitrogen and oxygen atoms in total. The molecule has 0 aromatic carbocycles. The number of carbonyl (C=O) groups excluding carboxylic acids is 2. The summed E-state index contributed by atoms with van der Waals surface area (Å²) in [7, 11) is 0. The summed E-state index contributed by atoms with van der Waals surface area (Å²) >= 11 is 1.69. The van der Waals surface area contributed by atoms with Crippen LogP contribution >= 0.6 is 11.8 Å². The van der Waals surface area contributed by atoms with Crippen molar-refractivity contribution >= 4 is 23.8 Å². The van der Waals surface area contributed by atoms with Crippen LogP contribution in [0.1, 0.15) is 33.6 Å². The Morgan fingerprint density at radius 2 is 1.83 bits per heavy atom. The van der Waals surface area contributed by atoms with Crippen LogP contribution < -0.4 is 10.6 Å². The number of alkyl carbamates (subject to hydrolysis) is 1. The van der Waals surface area contributed by atoms with Gasteiger partial charge in [0.15, 0.2) is 0 Å². The van der Waals surface area contributed by atoms with Gasteiger partial charge in [0, 0.05) is 25.3 Å². The predicted octanol–water partition coefficient (Wildman–Crippen LogP) is 1.77. The molecule has 0 spiro atoms. The highest BCUT2D eigenvalue weighted by molar-refractivity contribution is 7.98. The van der Waals surface area contributed by atoms with Gasteiger partial charge >= 0.3 is 6.09 Å². The van der Waals surface area contributed by atoms with E-state index >= 15 is 0 Å². The Kier molecular flexibility index (Phi) is 8.62. The summed E-state index contributed by atoms with van der Waals surface area (Å²) in [6.07, 6.45) is 2.59. The number of carbonyl (C=O) groups is 2. The number of nitrogens with one attached hydrogen (secondary N) is 2. The molecule has 2 N–H and O–H groups in total. The van der Waals surface area contributed by atoms with Crippen LogP contribution in [0.15, 0.2) is 0 Å². The zero-order chi connectivity index (χ0) is 14.0. The van der Waals surface area contributed by atoms with E-state index in [1.165, 1.54) is 0 Å². The lowest BCUT2D eigenvalue weighted by molar-refractivity contribution is -0.121. The van der Waals surface area contributed by atoms with Gasteiger partial charge < -0.3 is 15.4 Å². The van der Waals surface area contributed by atoms with Gasteiger partial charge in [-0.25, -0.2) is 4.79 Å². The molecule has 2 amide bonds. The summed E-state index contributed by atoms with van der Waals surface area (Å²) < 4.78 is 5.07. The van der Waals surface area contributed by atoms with Crippen LogP contribution in [0, 0.1) is 0 Å². The third kappa shape index (κ3) is 11.6. The second kappa shape index (κ2) is 9.08. The topological polar surface area (TPSA) is 67.4 Å². The lowest BCUT2D eigenvalue weighted by Gasteiger charge is -2.19. The summed E-state index contributed by atoms with van der Waals surface area (Å²) in [6, 6.07) is 0. The van der Waals surface area contributed by atoms with E-state index in [-0.39, 0.29) is 5.91 Å². The molecule has 0 heterocycles. The molecule has 0 aliphatic heterocycles. The molecule has 0 unspecified atom stereocenters. The Hall–Kier alpha value is -0.910. The van der Waals surface area contributed by atoms with Gasteiger partial charge in [0.05, 0.1) is 0 Å². The van der Waals surface area contributed by atoms with Crippen molar-refractivity contribution in [2.24, 2.45) is 0 Å². The Bertz CT molecular complexity index is 265. The van der Waals surface area contributed by atoms with E-state index in [0.29, 0.717) is 25.9 Å². The maximum Gasteiger partial charge on any atom is 0.407 e. The molecule has 0 bridgehead atoms. The van der Waals surface area contributed by atoms with Gasteiger partial charge in [0.25, 0.3) is 0 Å². The van der Waals surface area contributed by atoms with Crippen molar-refractivity contribution in [2.45, 2.75) is 39.2 Å². The highest BCUT2D eigenvalue weighted by Crippen LogP contribution is 2.06. The van der Waals surface area contributed by atoms with E-state index in [1.807, 2.05) is 27.0 Å². The number of hydrogen-bond acceptors (Lipinski definition) is 4. The van der Waals surface area contributed by atoms with Gasteiger partial charge in [-0.15, -0.1) is 0 Å². The molecule has 0 aromatic heterocycles. The van der Waals surface area contributed by atoms with Crippen LogP contribution in [0.5, 0.6) is 0 Å². The van der Waals surface area contributed by atoms with Gasteiger partial charge in [-0.05, 0) is 33.4 Å². The molecule has 0 aliphatic carbocycles. The number of thioether (sulfide) groups is 1. The zero-order valence-electron chi connectivity index (χ0n) is 11.7. The van der Waals surface area contributed by atoms with Crippen LogP contribution in [0.4, 0.5) is 4.79 Å². The smallest absolute Gasteiger partial charge is 0.407 e. The van der Waals surface area contributed by atoms with Crippen molar-refractivity contribution in [1.82, 2.24) is 10.6 Å². The fourth-order valence-electron chi connectivity index (χ4n) is 1.13. The van der Waals surface area contributed by atoms with E-state index in [2.05, 4.69) is 10.6 Å². The first-order chi connectivity index (χ1) is 8.35. The Morgan fingerprint density at radius 3 is 2.39 bits per heavy atom. The second-order valence-electron chi connectivity index (χ2n) is 4.87. The first kappa shape index (κ1) is 17.1. The zero-order valence-corrected chi connectivity index (χ0v) is 12.5. The molecule has 0 aromatic rings. The van der Waals surface area contributed by atoms with Gasteiger partial charge in [-0.3, -0.25) is 4.79 Å². The van der Waals surface area contributed by atoms with Gasteiger partial charge in [-0.2, -0.15) is 11.8 Å². The van der Waals surface area contributed by atoms with Crippen LogP contribution in [0.25, 0.3) is 0 Å². The first-order valence-corrected chi connectivity index (χ1v) is 7.47. The van der Waals surface area contributed by atoms with E-state index in [9.17, 15) is 9.59 Å². The maximum absolute atomic E-state index is 11.3. The maximum atomic E-state index is 11.3. The lowest BCUT2D eigenvalue weighted by Crippen LogP contribution is -2.33. The number of amides is 2. The summed E-state index contributed by atoms with van der Waals surface area (Å²) in [5.41, 5.74) is -0.487. The second-order valence-corrected chi connectivity index (χ2v) is 5.86. The number of ether oxygens (including phenoxy) is 1. The Balaban J connectivity index is 3.50. The minimum atomic E-state index is -0.487. The first-order valence-electron chi connectivity index (χ1n) is 6.07. The lowest BCUT2D eigenvalue weighted by atomic mass is 10.2. The molecule has 0 atom stereocenters. The largest absolute Gasteiger partial charge is 0.444 e. The van der Waals surface area contributed by atoms with Crippen molar-refractivity contribution in [3.63, 3.8) is 0 Å². The van der Waals surface area contributed by atoms with E-state index in [0.717, 1.165) is 5.75 Å². The SMILES string of the molecule is CSCCNC(=O)CCCNC(=O)OC(C)(C)C. The van der Waals surface area contributed by atoms with Crippen molar-refractivity contribution in [3.8, 4) is 0 Å². The highest BCUT2D eigenvalue weighted by atomic mass is 32.2. The van der Waals surface area contributed by atoms with Crippen LogP contribution in [-0.2, 0) is 9.53 Å². The van der Waals surface area contributed by atoms with Crippen LogP contribution in [0.2, 0.25) is 0 Å². The average molecular weight is 276 g/mol. The molecule has 0 saturated heterocycles. The van der Waals surface area contributed by atoms with Crippen molar-refractivity contribution in [1.29, 1.82) is 0 Å². The minimum absolute atomic E-state index is 0.0232. The minimum Gasteiger partial charge on any atom is -0.444 e. The van der Waals surface area contributed by atoms with Crippen LogP contribution in [0.3, 0.4) is 0 Å². The molecule has 6 heteroatoms. The molecule has 0 radical (unpaired) electrons. The third-order valence-corrected chi connectivity index (χ3v) is 2.49. The van der Waals surface area contributed by atoms with E-state index in [1.54, 1.807) is 11.8 Å². The third-order valence-electron chi connectivity index (χ3n) is 1.88. The van der Waals surface area contributed by atoms with Gasteiger partial charge in [0.2, 0.25) is 5.91 Å². The van der Waals surface area contributed by atoms with Crippen LogP contribution in [-0.4, -0.2) is 42.7 Å². The fraction of sp³-hybridized carbons (Fsp3) is 0.833. The Morgan fingerprint density at radius 1 is 1.17 bits per heavy atom. The highest BCUT2D eigenvalue weighted by Gasteiger charge is 2.15. The van der Waals surface area contributed by atoms with Gasteiger partial charge in [-0.1, -0.05) is 0 Å². The van der Waals surface area contributed by atoms with E-state index in [4.69, 9.17) is 4.74 Å². The summed E-state index contributed by atoms with van der Waals surface area (Å²) in [4.78, 5) is 22.6. The Labute approximate surface area is 113 Å². The summed E-state index contributed by atoms with van der Waals surface area (Å²) in [5, 5.41) is 5.42. The van der Waals surface area contributed by atoms with Crippen molar-refractivity contribution in [3.05, 3.63) is 0 Å². The standard InChI is InChI=1S/C12H24N2O3S/c1-12(2,3)17-11(16)14-7-5-6-10(15)13-8-9-18-4/h5-9H2,1-4H3,(H,13,15)(H,14,16). The quantitative estimate of drug-likeness (QED) is 0.695. The molecule has 106 valence electrons. The van der Waals surface area contributed by atoms with E-state index < -0.39 is 11.7 Å². The van der Waals surface area contributed by atoms with Crippen molar-refractivity contribution in [2.75, 3.05) is 25.1 Å². The van der Waals surface area contributed by atoms with Gasteiger partial charge in [0.1, 0.15) is 5.60 Å². The molecular weight excluding hydrogens is 252 g/mol. The predicted molar refractivity (Wildman–Crippen MR) is 74.9 cm³/mol. The normalized spacial score (nSPS) is 10.9. The molecule has 0 aliphatic rings. The molecule has 18 heavy (non-hydrogen) atoms.